The van der Waals surface area contributed by atoms with Gasteiger partial charge < -0.3 is 4.90 Å². The van der Waals surface area contributed by atoms with E-state index in [1.807, 2.05) is 6.92 Å². The molecule has 0 aliphatic carbocycles. The fraction of sp³-hybridized carbons (Fsp3) is 0.500. The zero-order valence-electron chi connectivity index (χ0n) is 13.8. The molecule has 0 unspecified atom stereocenters. The lowest BCUT2D eigenvalue weighted by Gasteiger charge is -2.25. The van der Waals surface area contributed by atoms with Crippen molar-refractivity contribution in [3.05, 3.63) is 29.8 Å². The van der Waals surface area contributed by atoms with Gasteiger partial charge in [-0.05, 0) is 18.6 Å². The average molecular weight is 388 g/mol. The predicted octanol–water partition coefficient (Wildman–Crippen LogP) is 2.61. The van der Waals surface area contributed by atoms with Gasteiger partial charge in [0.1, 0.15) is 11.6 Å². The summed E-state index contributed by atoms with van der Waals surface area (Å²) in [7, 11) is -3.24. The molecule has 0 radical (unpaired) electrons. The standard InChI is InChI=1S/C16H18F2N2O3S2/c1-3-9(2)15(21)19-16-20(12-5-4-10(17)6-11(12)18)13-7-25(22,23)8-14(13)24-16/h4-6,9,13-14H,3,7-8H2,1-2H3/t9-,13+,14-/m0/s1. The van der Waals surface area contributed by atoms with Gasteiger partial charge in [0.05, 0.1) is 23.2 Å². The van der Waals surface area contributed by atoms with E-state index in [0.717, 1.165) is 12.1 Å². The first-order valence-corrected chi connectivity index (χ1v) is 10.7. The van der Waals surface area contributed by atoms with Crippen molar-refractivity contribution in [1.82, 2.24) is 0 Å². The van der Waals surface area contributed by atoms with Crippen molar-refractivity contribution >= 4 is 38.4 Å². The van der Waals surface area contributed by atoms with Crippen molar-refractivity contribution < 1.29 is 22.0 Å². The third-order valence-corrected chi connectivity index (χ3v) is 7.69. The summed E-state index contributed by atoms with van der Waals surface area (Å²) in [6.07, 6.45) is 0.617. The van der Waals surface area contributed by atoms with Gasteiger partial charge in [0.15, 0.2) is 15.0 Å². The Morgan fingerprint density at radius 2 is 2.12 bits per heavy atom. The molecular weight excluding hydrogens is 370 g/mol. The molecule has 3 rings (SSSR count). The van der Waals surface area contributed by atoms with Crippen molar-refractivity contribution in [2.75, 3.05) is 16.4 Å². The van der Waals surface area contributed by atoms with Crippen molar-refractivity contribution in [2.45, 2.75) is 31.6 Å². The largest absolute Gasteiger partial charge is 0.313 e. The van der Waals surface area contributed by atoms with Crippen molar-refractivity contribution in [3.8, 4) is 0 Å². The molecule has 25 heavy (non-hydrogen) atoms. The number of carbonyl (C=O) groups is 1. The number of benzene rings is 1. The van der Waals surface area contributed by atoms with E-state index < -0.39 is 27.5 Å². The van der Waals surface area contributed by atoms with E-state index in [-0.39, 0.29) is 39.4 Å². The quantitative estimate of drug-likeness (QED) is 0.796. The molecule has 0 N–H and O–H groups in total. The minimum Gasteiger partial charge on any atom is -0.313 e. The highest BCUT2D eigenvalue weighted by Crippen LogP contribution is 2.41. The molecular formula is C16H18F2N2O3S2. The number of amidine groups is 1. The summed E-state index contributed by atoms with van der Waals surface area (Å²) in [6, 6.07) is 2.58. The Bertz CT molecular complexity index is 842. The summed E-state index contributed by atoms with van der Waals surface area (Å²) < 4.78 is 51.4. The third-order valence-electron chi connectivity index (χ3n) is 4.48. The lowest BCUT2D eigenvalue weighted by molar-refractivity contribution is -0.121. The van der Waals surface area contributed by atoms with Gasteiger partial charge in [-0.25, -0.2) is 17.2 Å². The highest BCUT2D eigenvalue weighted by Gasteiger charge is 2.50. The normalized spacial score (nSPS) is 27.5. The molecule has 9 heteroatoms. The number of halogens is 2. The molecule has 0 saturated carbocycles. The van der Waals surface area contributed by atoms with Crippen LogP contribution < -0.4 is 4.90 Å². The molecule has 3 atom stereocenters. The monoisotopic (exact) mass is 388 g/mol. The highest BCUT2D eigenvalue weighted by atomic mass is 32.2. The van der Waals surface area contributed by atoms with Crippen LogP contribution in [0.1, 0.15) is 20.3 Å². The van der Waals surface area contributed by atoms with Crippen molar-refractivity contribution in [1.29, 1.82) is 0 Å². The number of anilines is 1. The Kier molecular flexibility index (Phi) is 4.89. The second-order valence-electron chi connectivity index (χ2n) is 6.31. The number of fused-ring (bicyclic) bond motifs is 1. The Balaban J connectivity index is 2.04. The summed E-state index contributed by atoms with van der Waals surface area (Å²) in [5.41, 5.74) is 0.0363. The number of amides is 1. The van der Waals surface area contributed by atoms with Gasteiger partial charge in [-0.2, -0.15) is 4.99 Å². The first-order chi connectivity index (χ1) is 11.7. The molecule has 0 bridgehead atoms. The molecule has 2 fully saturated rings. The van der Waals surface area contributed by atoms with Crippen LogP contribution in [0.2, 0.25) is 0 Å². The molecule has 2 heterocycles. The summed E-state index contributed by atoms with van der Waals surface area (Å²) in [6.45, 7) is 3.61. The zero-order valence-corrected chi connectivity index (χ0v) is 15.4. The number of hydrogen-bond acceptors (Lipinski definition) is 4. The van der Waals surface area contributed by atoms with E-state index in [4.69, 9.17) is 0 Å². The number of nitrogens with zero attached hydrogens (tertiary/aromatic N) is 2. The zero-order chi connectivity index (χ0) is 18.4. The number of rotatable bonds is 3. The molecule has 2 aliphatic heterocycles. The maximum absolute atomic E-state index is 14.3. The number of sulfone groups is 1. The lowest BCUT2D eigenvalue weighted by Crippen LogP contribution is -2.38. The molecule has 1 aromatic carbocycles. The van der Waals surface area contributed by atoms with E-state index in [9.17, 15) is 22.0 Å². The van der Waals surface area contributed by atoms with Crippen LogP contribution in [-0.2, 0) is 14.6 Å². The van der Waals surface area contributed by atoms with Gasteiger partial charge in [0.2, 0.25) is 0 Å². The molecule has 2 saturated heterocycles. The molecule has 2 aliphatic rings. The summed E-state index contributed by atoms with van der Waals surface area (Å²) in [4.78, 5) is 17.7. The summed E-state index contributed by atoms with van der Waals surface area (Å²) in [5, 5.41) is -0.0429. The number of hydrogen-bond donors (Lipinski definition) is 0. The van der Waals surface area contributed by atoms with Crippen LogP contribution in [0.25, 0.3) is 0 Å². The minimum atomic E-state index is -3.24. The SMILES string of the molecule is CC[C@H](C)C(=O)N=C1S[C@H]2CS(=O)(=O)C[C@H]2N1c1ccc(F)cc1F. The molecule has 0 aromatic heterocycles. The molecule has 1 aromatic rings. The average Bonchev–Trinajstić information content (AvgIpc) is 2.98. The van der Waals surface area contributed by atoms with Crippen LogP contribution in [0.15, 0.2) is 23.2 Å². The topological polar surface area (TPSA) is 66.8 Å². The molecule has 136 valence electrons. The molecule has 1 amide bonds. The Morgan fingerprint density at radius 3 is 2.76 bits per heavy atom. The van der Waals surface area contributed by atoms with E-state index in [2.05, 4.69) is 4.99 Å². The second-order valence-corrected chi connectivity index (χ2v) is 9.67. The second kappa shape index (κ2) is 6.68. The first-order valence-electron chi connectivity index (χ1n) is 7.95. The Labute approximate surface area is 149 Å². The van der Waals surface area contributed by atoms with Crippen molar-refractivity contribution in [2.24, 2.45) is 10.9 Å². The van der Waals surface area contributed by atoms with Crippen LogP contribution in [0.3, 0.4) is 0 Å². The van der Waals surface area contributed by atoms with Gasteiger partial charge in [-0.15, -0.1) is 0 Å². The van der Waals surface area contributed by atoms with Gasteiger partial charge in [-0.3, -0.25) is 4.79 Å². The minimum absolute atomic E-state index is 0.0363. The number of carbonyl (C=O) groups excluding carboxylic acids is 1. The fourth-order valence-corrected chi connectivity index (χ4v) is 6.81. The third kappa shape index (κ3) is 3.57. The van der Waals surface area contributed by atoms with Crippen LogP contribution in [-0.4, -0.2) is 42.3 Å². The molecule has 0 spiro atoms. The Hall–Kier alpha value is -1.48. The maximum Gasteiger partial charge on any atom is 0.250 e. The van der Waals surface area contributed by atoms with Crippen molar-refractivity contribution in [3.63, 3.8) is 0 Å². The highest BCUT2D eigenvalue weighted by molar-refractivity contribution is 8.16. The van der Waals surface area contributed by atoms with E-state index in [1.165, 1.54) is 22.7 Å². The van der Waals surface area contributed by atoms with Gasteiger partial charge in [-0.1, -0.05) is 25.6 Å². The van der Waals surface area contributed by atoms with Gasteiger partial charge in [0.25, 0.3) is 5.91 Å². The van der Waals surface area contributed by atoms with Gasteiger partial charge >= 0.3 is 0 Å². The Morgan fingerprint density at radius 1 is 1.40 bits per heavy atom. The van der Waals surface area contributed by atoms with Crippen LogP contribution in [0, 0.1) is 17.6 Å². The predicted molar refractivity (Wildman–Crippen MR) is 94.6 cm³/mol. The number of thioether (sulfide) groups is 1. The maximum atomic E-state index is 14.3. The number of aliphatic imine (C=N–C) groups is 1. The van der Waals surface area contributed by atoms with E-state index in [1.54, 1.807) is 6.92 Å². The smallest absolute Gasteiger partial charge is 0.250 e. The van der Waals surface area contributed by atoms with Gasteiger partial charge in [0, 0.05) is 17.2 Å². The first kappa shape index (κ1) is 18.3. The van der Waals surface area contributed by atoms with Crippen LogP contribution >= 0.6 is 11.8 Å². The molecule has 5 nitrogen and oxygen atoms in total. The lowest BCUT2D eigenvalue weighted by atomic mass is 10.1. The van der Waals surface area contributed by atoms with Crippen LogP contribution in [0.5, 0.6) is 0 Å². The van der Waals surface area contributed by atoms with E-state index in [0.29, 0.717) is 6.42 Å². The van der Waals surface area contributed by atoms with E-state index >= 15 is 0 Å². The summed E-state index contributed by atoms with van der Waals surface area (Å²) in [5.74, 6) is -2.33. The fourth-order valence-electron chi connectivity index (χ4n) is 2.90. The summed E-state index contributed by atoms with van der Waals surface area (Å²) >= 11 is 1.17. The van der Waals surface area contributed by atoms with Crippen LogP contribution in [0.4, 0.5) is 14.5 Å².